The number of hydrogen-bond acceptors (Lipinski definition) is 3. The summed E-state index contributed by atoms with van der Waals surface area (Å²) in [5, 5.41) is 2.86. The van der Waals surface area contributed by atoms with E-state index < -0.39 is 0 Å². The van der Waals surface area contributed by atoms with Crippen molar-refractivity contribution in [3.05, 3.63) is 29.8 Å². The van der Waals surface area contributed by atoms with E-state index in [1.54, 1.807) is 17.0 Å². The summed E-state index contributed by atoms with van der Waals surface area (Å²) in [5.74, 6) is -0.0641. The summed E-state index contributed by atoms with van der Waals surface area (Å²) in [6, 6.07) is 0. The van der Waals surface area contributed by atoms with Crippen molar-refractivity contribution < 1.29 is 9.53 Å². The largest absolute Gasteiger partial charge is 0.376 e. The van der Waals surface area contributed by atoms with E-state index in [-0.39, 0.29) is 24.0 Å². The predicted octanol–water partition coefficient (Wildman–Crippen LogP) is 1.35. The highest BCUT2D eigenvalue weighted by Crippen LogP contribution is 2.10. The fraction of sp³-hybridized carbons (Fsp3) is 0.500. The highest BCUT2D eigenvalue weighted by Gasteiger charge is 2.16. The number of nitrogens with zero attached hydrogens (tertiary/aromatic N) is 1. The SMILES string of the molecule is O=C(Cn1cc(I)c(=O)c(I)c1)NCC1CCCO1. The monoisotopic (exact) mass is 488 g/mol. The molecule has 1 N–H and O–H groups in total. The molecule has 104 valence electrons. The smallest absolute Gasteiger partial charge is 0.240 e. The number of rotatable bonds is 4. The Balaban J connectivity index is 1.89. The van der Waals surface area contributed by atoms with Crippen LogP contribution in [0.3, 0.4) is 0 Å². The van der Waals surface area contributed by atoms with Crippen LogP contribution in [0.4, 0.5) is 0 Å². The molecule has 0 saturated carbocycles. The van der Waals surface area contributed by atoms with Gasteiger partial charge in [-0.3, -0.25) is 9.59 Å². The van der Waals surface area contributed by atoms with Crippen LogP contribution in [-0.4, -0.2) is 29.7 Å². The lowest BCUT2D eigenvalue weighted by molar-refractivity contribution is -0.122. The molecule has 7 heteroatoms. The maximum absolute atomic E-state index is 11.8. The summed E-state index contributed by atoms with van der Waals surface area (Å²) in [5.41, 5.74) is 0.0113. The zero-order valence-electron chi connectivity index (χ0n) is 10.2. The Morgan fingerprint density at radius 2 is 2.11 bits per heavy atom. The summed E-state index contributed by atoms with van der Waals surface area (Å²) in [6.45, 7) is 1.57. The quantitative estimate of drug-likeness (QED) is 0.652. The molecule has 0 radical (unpaired) electrons. The Hall–Kier alpha value is -0.160. The normalized spacial score (nSPS) is 18.5. The number of pyridine rings is 1. The average molecular weight is 488 g/mol. The van der Waals surface area contributed by atoms with Crippen LogP contribution in [-0.2, 0) is 16.1 Å². The first-order chi connectivity index (χ1) is 9.06. The minimum absolute atomic E-state index is 0.0113. The molecule has 0 aromatic carbocycles. The molecule has 1 saturated heterocycles. The number of aromatic nitrogens is 1. The zero-order chi connectivity index (χ0) is 13.8. The number of carbonyl (C=O) groups excluding carboxylic acids is 1. The van der Waals surface area contributed by atoms with Crippen LogP contribution >= 0.6 is 45.2 Å². The third-order valence-corrected chi connectivity index (χ3v) is 4.41. The van der Waals surface area contributed by atoms with Crippen molar-refractivity contribution in [1.82, 2.24) is 9.88 Å². The molecular formula is C12H14I2N2O3. The molecule has 1 aliphatic heterocycles. The molecule has 1 aromatic heterocycles. The number of nitrogens with one attached hydrogen (secondary N) is 1. The topological polar surface area (TPSA) is 60.3 Å². The molecule has 1 unspecified atom stereocenters. The van der Waals surface area contributed by atoms with Gasteiger partial charge in [-0.15, -0.1) is 0 Å². The molecule has 1 fully saturated rings. The highest BCUT2D eigenvalue weighted by molar-refractivity contribution is 14.1. The second-order valence-corrected chi connectivity index (χ2v) is 6.72. The lowest BCUT2D eigenvalue weighted by atomic mass is 10.2. The first-order valence-corrected chi connectivity index (χ1v) is 8.15. The van der Waals surface area contributed by atoms with Gasteiger partial charge in [0.05, 0.1) is 13.2 Å². The van der Waals surface area contributed by atoms with Gasteiger partial charge in [-0.05, 0) is 58.0 Å². The van der Waals surface area contributed by atoms with Crippen molar-refractivity contribution in [3.8, 4) is 0 Å². The first-order valence-electron chi connectivity index (χ1n) is 5.99. The maximum Gasteiger partial charge on any atom is 0.240 e. The average Bonchev–Trinajstić information content (AvgIpc) is 2.86. The minimum Gasteiger partial charge on any atom is -0.376 e. The molecule has 5 nitrogen and oxygen atoms in total. The molecule has 1 amide bonds. The molecule has 19 heavy (non-hydrogen) atoms. The molecule has 1 aromatic rings. The number of carbonyl (C=O) groups is 1. The van der Waals surface area contributed by atoms with Crippen LogP contribution in [0.1, 0.15) is 12.8 Å². The standard InChI is InChI=1S/C12H14I2N2O3/c13-9-5-16(6-10(14)12(9)18)7-11(17)15-4-8-2-1-3-19-8/h5-6,8H,1-4,7H2,(H,15,17). The van der Waals surface area contributed by atoms with Gasteiger partial charge in [-0.2, -0.15) is 0 Å². The van der Waals surface area contributed by atoms with E-state index in [1.165, 1.54) is 0 Å². The van der Waals surface area contributed by atoms with Gasteiger partial charge in [0.2, 0.25) is 11.3 Å². The summed E-state index contributed by atoms with van der Waals surface area (Å²) >= 11 is 3.97. The van der Waals surface area contributed by atoms with Crippen molar-refractivity contribution in [2.24, 2.45) is 0 Å². The minimum atomic E-state index is -0.0641. The maximum atomic E-state index is 11.8. The van der Waals surface area contributed by atoms with Crippen LogP contribution < -0.4 is 10.7 Å². The van der Waals surface area contributed by atoms with Crippen molar-refractivity contribution in [1.29, 1.82) is 0 Å². The first kappa shape index (κ1) is 15.2. The molecular weight excluding hydrogens is 474 g/mol. The number of amides is 1. The summed E-state index contributed by atoms with van der Waals surface area (Å²) in [7, 11) is 0. The molecule has 0 bridgehead atoms. The van der Waals surface area contributed by atoms with Crippen molar-refractivity contribution in [3.63, 3.8) is 0 Å². The third kappa shape index (κ3) is 4.42. The van der Waals surface area contributed by atoms with E-state index in [0.717, 1.165) is 19.4 Å². The van der Waals surface area contributed by atoms with Crippen LogP contribution in [0.2, 0.25) is 0 Å². The van der Waals surface area contributed by atoms with E-state index in [9.17, 15) is 9.59 Å². The van der Waals surface area contributed by atoms with Gasteiger partial charge in [0.25, 0.3) is 0 Å². The van der Waals surface area contributed by atoms with Crippen LogP contribution in [0.15, 0.2) is 17.2 Å². The number of ether oxygens (including phenoxy) is 1. The second-order valence-electron chi connectivity index (χ2n) is 4.39. The van der Waals surface area contributed by atoms with E-state index >= 15 is 0 Å². The molecule has 1 atom stereocenters. The van der Waals surface area contributed by atoms with E-state index in [4.69, 9.17) is 4.74 Å². The van der Waals surface area contributed by atoms with E-state index in [0.29, 0.717) is 13.7 Å². The van der Waals surface area contributed by atoms with Crippen molar-refractivity contribution >= 4 is 51.1 Å². The molecule has 2 heterocycles. The summed E-state index contributed by atoms with van der Waals surface area (Å²) in [4.78, 5) is 23.4. The predicted molar refractivity (Wildman–Crippen MR) is 88.1 cm³/mol. The molecule has 0 spiro atoms. The van der Waals surface area contributed by atoms with Gasteiger partial charge >= 0.3 is 0 Å². The van der Waals surface area contributed by atoms with Gasteiger partial charge in [0.15, 0.2) is 0 Å². The van der Waals surface area contributed by atoms with Crippen molar-refractivity contribution in [2.45, 2.75) is 25.5 Å². The van der Waals surface area contributed by atoms with Gasteiger partial charge in [0, 0.05) is 25.5 Å². The molecule has 1 aliphatic rings. The Morgan fingerprint density at radius 1 is 1.42 bits per heavy atom. The molecule has 2 rings (SSSR count). The zero-order valence-corrected chi connectivity index (χ0v) is 14.5. The second kappa shape index (κ2) is 7.02. The van der Waals surface area contributed by atoms with Crippen molar-refractivity contribution in [2.75, 3.05) is 13.2 Å². The highest BCUT2D eigenvalue weighted by atomic mass is 127. The lowest BCUT2D eigenvalue weighted by Gasteiger charge is -2.12. The molecule has 0 aliphatic carbocycles. The Morgan fingerprint density at radius 3 is 2.68 bits per heavy atom. The van der Waals surface area contributed by atoms with Crippen LogP contribution in [0.5, 0.6) is 0 Å². The number of hydrogen-bond donors (Lipinski definition) is 1. The van der Waals surface area contributed by atoms with Crippen LogP contribution in [0.25, 0.3) is 0 Å². The van der Waals surface area contributed by atoms with Gasteiger partial charge in [-0.1, -0.05) is 0 Å². The number of halogens is 2. The van der Waals surface area contributed by atoms with E-state index in [1.807, 2.05) is 45.2 Å². The van der Waals surface area contributed by atoms with Gasteiger partial charge < -0.3 is 14.6 Å². The Bertz CT molecular complexity index is 498. The Kier molecular flexibility index (Phi) is 5.63. The Labute approximate surface area is 138 Å². The van der Waals surface area contributed by atoms with Gasteiger partial charge in [0.1, 0.15) is 6.54 Å². The fourth-order valence-corrected chi connectivity index (χ4v) is 3.72. The lowest BCUT2D eigenvalue weighted by Crippen LogP contribution is -2.34. The fourth-order valence-electron chi connectivity index (χ4n) is 1.91. The van der Waals surface area contributed by atoms with Gasteiger partial charge in [-0.25, -0.2) is 0 Å². The van der Waals surface area contributed by atoms with Crippen LogP contribution in [0, 0.1) is 7.14 Å². The summed E-state index contributed by atoms with van der Waals surface area (Å²) in [6.07, 6.45) is 5.61. The van der Waals surface area contributed by atoms with E-state index in [2.05, 4.69) is 5.32 Å². The third-order valence-electron chi connectivity index (χ3n) is 2.87. The summed E-state index contributed by atoms with van der Waals surface area (Å²) < 4.78 is 8.42.